The van der Waals surface area contributed by atoms with Gasteiger partial charge in [-0.25, -0.2) is 18.3 Å². The molecule has 0 spiro atoms. The van der Waals surface area contributed by atoms with E-state index in [0.717, 1.165) is 32.6 Å². The van der Waals surface area contributed by atoms with Crippen LogP contribution in [0.3, 0.4) is 0 Å². The number of rotatable bonds is 0. The lowest BCUT2D eigenvalue weighted by atomic mass is 10.2. The van der Waals surface area contributed by atoms with Crippen LogP contribution < -0.4 is 9.13 Å². The maximum absolute atomic E-state index is 2.40. The minimum Gasteiger partial charge on any atom is -0.230 e. The van der Waals surface area contributed by atoms with Crippen molar-refractivity contribution in [3.05, 3.63) is 121 Å². The quantitative estimate of drug-likeness (QED) is 0.313. The Balaban J connectivity index is 1.54. The van der Waals surface area contributed by atoms with Gasteiger partial charge in [-0.3, -0.25) is 0 Å². The van der Waals surface area contributed by atoms with Gasteiger partial charge in [-0.2, -0.15) is 0 Å². The van der Waals surface area contributed by atoms with Gasteiger partial charge in [0.15, 0.2) is 22.1 Å². The largest absolute Gasteiger partial charge is 0.245 e. The summed E-state index contributed by atoms with van der Waals surface area (Å²) in [6.45, 7) is 3.67. The first-order valence-corrected chi connectivity index (χ1v) is 11.7. The van der Waals surface area contributed by atoms with Crippen molar-refractivity contribution in [1.82, 2.24) is 9.13 Å². The van der Waals surface area contributed by atoms with Crippen LogP contribution in [0.5, 0.6) is 0 Å². The van der Waals surface area contributed by atoms with Crippen molar-refractivity contribution in [2.45, 2.75) is 32.6 Å². The van der Waals surface area contributed by atoms with Gasteiger partial charge < -0.3 is 0 Å². The number of para-hydroxylation sites is 4. The molecule has 0 aliphatic carbocycles. The molecular formula is C29H28N4+2. The molecular weight excluding hydrogens is 404 g/mol. The summed E-state index contributed by atoms with van der Waals surface area (Å²) in [7, 11) is 0. The molecule has 6 bridgehead atoms. The summed E-state index contributed by atoms with van der Waals surface area (Å²) < 4.78 is 9.55. The van der Waals surface area contributed by atoms with Crippen LogP contribution in [0.4, 0.5) is 0 Å². The standard InChI is InChI=1S/C29H28N4/c1-2-10-24-12-8-13-25(11-3-1)21-33-23-31(27-15-5-7-17-29(27)33)19-9-18-30-22-32(20-24)28-16-6-4-14-26(28)30/h1-8,10-17,22-23H,9,18-21H2/q+2. The minimum absolute atomic E-state index is 0.846. The highest BCUT2D eigenvalue weighted by atomic mass is 15.2. The zero-order chi connectivity index (χ0) is 22.0. The molecule has 3 heterocycles. The summed E-state index contributed by atoms with van der Waals surface area (Å²) in [5, 5.41) is 0. The van der Waals surface area contributed by atoms with Crippen LogP contribution in [0.15, 0.2) is 110 Å². The molecule has 5 aromatic rings. The third-order valence-electron chi connectivity index (χ3n) is 6.53. The molecule has 162 valence electrons. The topological polar surface area (TPSA) is 17.6 Å². The van der Waals surface area contributed by atoms with Crippen molar-refractivity contribution in [3.8, 4) is 0 Å². The van der Waals surface area contributed by atoms with Gasteiger partial charge in [-0.15, -0.1) is 0 Å². The van der Waals surface area contributed by atoms with E-state index in [1.54, 1.807) is 0 Å². The Morgan fingerprint density at radius 1 is 0.485 bits per heavy atom. The smallest absolute Gasteiger partial charge is 0.230 e. The van der Waals surface area contributed by atoms with Crippen molar-refractivity contribution in [2.24, 2.45) is 0 Å². The number of hydrogen-bond acceptors (Lipinski definition) is 0. The SMILES string of the molecule is c1ccc2cccc(cc1)C[n+]1cn(c3ccccc31)CCCn1c[n+](c3ccccc31)C2. The van der Waals surface area contributed by atoms with E-state index in [2.05, 4.69) is 128 Å². The Morgan fingerprint density at radius 3 is 1.48 bits per heavy atom. The number of imidazole rings is 2. The predicted molar refractivity (Wildman–Crippen MR) is 131 cm³/mol. The summed E-state index contributed by atoms with van der Waals surface area (Å²) >= 11 is 0. The van der Waals surface area contributed by atoms with Crippen molar-refractivity contribution in [1.29, 1.82) is 0 Å². The third kappa shape index (κ3) is 3.89. The Kier molecular flexibility index (Phi) is 5.11. The van der Waals surface area contributed by atoms with Crippen LogP contribution >= 0.6 is 0 Å². The van der Waals surface area contributed by atoms with Crippen molar-refractivity contribution < 1.29 is 9.13 Å². The van der Waals surface area contributed by atoms with Gasteiger partial charge in [-0.1, -0.05) is 72.8 Å². The highest BCUT2D eigenvalue weighted by Crippen LogP contribution is 2.15. The molecule has 0 amide bonds. The molecule has 1 aliphatic heterocycles. The second kappa shape index (κ2) is 8.55. The lowest BCUT2D eigenvalue weighted by Gasteiger charge is -1.99. The first-order valence-electron chi connectivity index (χ1n) is 11.7. The molecule has 0 unspecified atom stereocenters. The molecule has 0 atom stereocenters. The number of hydrogen-bond donors (Lipinski definition) is 0. The normalized spacial score (nSPS) is 13.5. The molecule has 33 heavy (non-hydrogen) atoms. The van der Waals surface area contributed by atoms with E-state index >= 15 is 0 Å². The van der Waals surface area contributed by atoms with Gasteiger partial charge in [0.05, 0.1) is 13.1 Å². The van der Waals surface area contributed by atoms with Crippen molar-refractivity contribution >= 4 is 22.1 Å². The zero-order valence-electron chi connectivity index (χ0n) is 18.7. The summed E-state index contributed by atoms with van der Waals surface area (Å²) in [4.78, 5) is 0. The number of benzene rings is 2. The molecule has 0 saturated carbocycles. The Bertz CT molecular complexity index is 1400. The molecule has 3 aromatic carbocycles. The van der Waals surface area contributed by atoms with E-state index in [1.807, 2.05) is 0 Å². The lowest BCUT2D eigenvalue weighted by molar-refractivity contribution is -0.663. The van der Waals surface area contributed by atoms with E-state index in [9.17, 15) is 0 Å². The fourth-order valence-electron chi connectivity index (χ4n) is 4.94. The van der Waals surface area contributed by atoms with Crippen LogP contribution in [-0.4, -0.2) is 9.13 Å². The lowest BCUT2D eigenvalue weighted by Crippen LogP contribution is -2.33. The number of aryl methyl sites for hydroxylation is 2. The maximum atomic E-state index is 2.40. The van der Waals surface area contributed by atoms with Crippen LogP contribution in [0, 0.1) is 0 Å². The summed E-state index contributed by atoms with van der Waals surface area (Å²) in [5.41, 5.74) is 7.69. The van der Waals surface area contributed by atoms with E-state index in [-0.39, 0.29) is 0 Å². The summed E-state index contributed by atoms with van der Waals surface area (Å²) in [5.74, 6) is 0. The predicted octanol–water partition coefficient (Wildman–Crippen LogP) is 4.80. The maximum Gasteiger partial charge on any atom is 0.245 e. The molecule has 6 rings (SSSR count). The second-order valence-electron chi connectivity index (χ2n) is 8.79. The highest BCUT2D eigenvalue weighted by Gasteiger charge is 2.18. The fourth-order valence-corrected chi connectivity index (χ4v) is 4.94. The van der Waals surface area contributed by atoms with Gasteiger partial charge in [-0.05, 0) is 35.4 Å². The minimum atomic E-state index is 0.846. The number of fused-ring (bicyclic) bond motifs is 14. The van der Waals surface area contributed by atoms with Crippen LogP contribution in [0.2, 0.25) is 0 Å². The van der Waals surface area contributed by atoms with Gasteiger partial charge in [0.2, 0.25) is 12.7 Å². The average Bonchev–Trinajstić information content (AvgIpc) is 3.37. The number of nitrogens with zero attached hydrogens (tertiary/aromatic N) is 4. The molecule has 0 fully saturated rings. The summed E-state index contributed by atoms with van der Waals surface area (Å²) in [6.07, 6.45) is 5.64. The van der Waals surface area contributed by atoms with Crippen LogP contribution in [0.25, 0.3) is 22.1 Å². The van der Waals surface area contributed by atoms with E-state index < -0.39 is 0 Å². The van der Waals surface area contributed by atoms with E-state index in [4.69, 9.17) is 0 Å². The Hall–Kier alpha value is -3.92. The van der Waals surface area contributed by atoms with Gasteiger partial charge in [0, 0.05) is 6.42 Å². The van der Waals surface area contributed by atoms with Crippen LogP contribution in [-0.2, 0) is 26.2 Å². The Labute approximate surface area is 193 Å². The third-order valence-corrected chi connectivity index (χ3v) is 6.53. The average molecular weight is 433 g/mol. The monoisotopic (exact) mass is 432 g/mol. The first kappa shape index (κ1) is 19.7. The van der Waals surface area contributed by atoms with E-state index in [1.165, 1.54) is 33.2 Å². The van der Waals surface area contributed by atoms with Crippen molar-refractivity contribution in [2.75, 3.05) is 0 Å². The van der Waals surface area contributed by atoms with Crippen LogP contribution in [0.1, 0.15) is 17.5 Å². The number of aromatic nitrogens is 4. The van der Waals surface area contributed by atoms with Gasteiger partial charge in [0.1, 0.15) is 13.1 Å². The first-order chi connectivity index (χ1) is 16.3. The van der Waals surface area contributed by atoms with Crippen molar-refractivity contribution in [3.63, 3.8) is 0 Å². The Morgan fingerprint density at radius 2 is 0.939 bits per heavy atom. The molecule has 0 radical (unpaired) electrons. The van der Waals surface area contributed by atoms with E-state index in [0.29, 0.717) is 0 Å². The second-order valence-corrected chi connectivity index (χ2v) is 8.79. The molecule has 0 N–H and O–H groups in total. The van der Waals surface area contributed by atoms with Gasteiger partial charge >= 0.3 is 0 Å². The molecule has 4 nitrogen and oxygen atoms in total. The van der Waals surface area contributed by atoms with Gasteiger partial charge in [0.25, 0.3) is 0 Å². The zero-order valence-corrected chi connectivity index (χ0v) is 18.7. The summed E-state index contributed by atoms with van der Waals surface area (Å²) in [6, 6.07) is 35.0. The molecule has 4 heteroatoms. The fraction of sp³-hybridized carbons (Fsp3) is 0.172. The molecule has 1 aliphatic rings. The molecule has 2 aromatic heterocycles. The highest BCUT2D eigenvalue weighted by molar-refractivity contribution is 5.72. The molecule has 0 saturated heterocycles.